The molecule has 0 amide bonds. The van der Waals surface area contributed by atoms with Crippen LogP contribution in [0.25, 0.3) is 27.8 Å². The van der Waals surface area contributed by atoms with Crippen molar-refractivity contribution in [3.05, 3.63) is 186 Å². The lowest BCUT2D eigenvalue weighted by molar-refractivity contribution is 0.853. The lowest BCUT2D eigenvalue weighted by Gasteiger charge is -2.31. The van der Waals surface area contributed by atoms with Gasteiger partial charge in [0.05, 0.1) is 0 Å². The molecule has 0 fully saturated rings. The monoisotopic (exact) mass is 553 g/mol. The number of hydrogen-bond acceptors (Lipinski definition) is 1. The van der Waals surface area contributed by atoms with Gasteiger partial charge in [0.1, 0.15) is 0 Å². The molecule has 2 aliphatic rings. The summed E-state index contributed by atoms with van der Waals surface area (Å²) < 4.78 is 0. The molecule has 1 heteroatoms. The molecular weight excluding hydrogens is 518 g/mol. The van der Waals surface area contributed by atoms with Crippen LogP contribution in [0.5, 0.6) is 0 Å². The van der Waals surface area contributed by atoms with E-state index in [0.717, 1.165) is 25.7 Å². The van der Waals surface area contributed by atoms with Crippen LogP contribution in [0, 0.1) is 0 Å². The van der Waals surface area contributed by atoms with Crippen LogP contribution in [0.4, 0.5) is 11.4 Å². The predicted octanol–water partition coefficient (Wildman–Crippen LogP) is 11.6. The van der Waals surface area contributed by atoms with Gasteiger partial charge < -0.3 is 4.90 Å². The van der Waals surface area contributed by atoms with E-state index >= 15 is 0 Å². The van der Waals surface area contributed by atoms with Crippen molar-refractivity contribution in [1.29, 1.82) is 0 Å². The van der Waals surface area contributed by atoms with Gasteiger partial charge in [-0.1, -0.05) is 127 Å². The van der Waals surface area contributed by atoms with Gasteiger partial charge in [0.2, 0.25) is 0 Å². The number of hydrogen-bond donors (Lipinski definition) is 0. The van der Waals surface area contributed by atoms with Gasteiger partial charge in [0.25, 0.3) is 0 Å². The molecule has 0 atom stereocenters. The third-order valence-electron chi connectivity index (χ3n) is 8.50. The van der Waals surface area contributed by atoms with E-state index in [1.54, 1.807) is 0 Å². The fraction of sp³-hybridized carbons (Fsp3) is 0.0952. The molecule has 0 radical (unpaired) electrons. The van der Waals surface area contributed by atoms with Crippen molar-refractivity contribution < 1.29 is 0 Å². The Morgan fingerprint density at radius 1 is 0.442 bits per heavy atom. The van der Waals surface area contributed by atoms with Gasteiger partial charge in [-0.15, -0.1) is 0 Å². The number of nitrogens with zero attached hydrogens (tertiary/aromatic N) is 1. The molecule has 5 aromatic carbocycles. The first kappa shape index (κ1) is 26.7. The summed E-state index contributed by atoms with van der Waals surface area (Å²) in [5.41, 5.74) is 14.3. The first-order chi connectivity index (χ1) is 21.3. The minimum atomic E-state index is 0.992. The molecule has 0 bridgehead atoms. The van der Waals surface area contributed by atoms with Crippen LogP contribution in [-0.4, -0.2) is 0 Å². The summed E-state index contributed by atoms with van der Waals surface area (Å²) in [4.78, 5) is 2.42. The maximum atomic E-state index is 2.42. The maximum absolute atomic E-state index is 2.42. The summed E-state index contributed by atoms with van der Waals surface area (Å²) in [5.74, 6) is 0. The van der Waals surface area contributed by atoms with Gasteiger partial charge in [-0.3, -0.25) is 0 Å². The Hall–Kier alpha value is -5.14. The van der Waals surface area contributed by atoms with Crippen LogP contribution < -0.4 is 4.90 Å². The van der Waals surface area contributed by atoms with E-state index in [-0.39, 0.29) is 0 Å². The molecule has 208 valence electrons. The number of allylic oxidation sites excluding steroid dienone is 8. The summed E-state index contributed by atoms with van der Waals surface area (Å²) in [6.45, 7) is 0. The molecule has 0 aromatic heterocycles. The molecule has 0 spiro atoms. The molecule has 0 unspecified atom stereocenters. The zero-order chi connectivity index (χ0) is 28.8. The Balaban J connectivity index is 1.23. The SMILES string of the molecule is C1=CC(c2cccc(-c3ccccc3)c2)=C(C2=CC=C(N(c3ccccc3)c3ccc(-c4ccccc4)cc3)CC2)CC1. The van der Waals surface area contributed by atoms with Crippen molar-refractivity contribution in [1.82, 2.24) is 0 Å². The largest absolute Gasteiger partial charge is 0.314 e. The van der Waals surface area contributed by atoms with E-state index in [0.29, 0.717) is 0 Å². The quantitative estimate of drug-likeness (QED) is 0.194. The van der Waals surface area contributed by atoms with Gasteiger partial charge in [-0.25, -0.2) is 0 Å². The Morgan fingerprint density at radius 3 is 1.70 bits per heavy atom. The Morgan fingerprint density at radius 2 is 1.02 bits per heavy atom. The average molecular weight is 554 g/mol. The summed E-state index contributed by atoms with van der Waals surface area (Å²) in [5, 5.41) is 0. The molecule has 0 saturated carbocycles. The van der Waals surface area contributed by atoms with E-state index < -0.39 is 0 Å². The number of benzene rings is 5. The van der Waals surface area contributed by atoms with Gasteiger partial charge in [-0.05, 0) is 107 Å². The maximum Gasteiger partial charge on any atom is 0.0458 e. The predicted molar refractivity (Wildman–Crippen MR) is 183 cm³/mol. The zero-order valence-corrected chi connectivity index (χ0v) is 24.4. The summed E-state index contributed by atoms with van der Waals surface area (Å²) in [6.07, 6.45) is 13.6. The summed E-state index contributed by atoms with van der Waals surface area (Å²) in [7, 11) is 0. The molecule has 1 nitrogen and oxygen atoms in total. The molecular formula is C42H35N. The minimum absolute atomic E-state index is 0.992. The molecule has 0 heterocycles. The standard InChI is InChI=1S/C42H35N/c1-4-13-32(14-5-1)34-23-27-39(28-24-34)43(38-19-8-3-9-20-38)40-29-25-35(26-30-40)41-21-10-11-22-42(41)37-18-12-17-36(31-37)33-15-6-2-7-16-33/h1-9,11-20,22-25,27-29,31H,10,21,26,30H2. The third-order valence-corrected chi connectivity index (χ3v) is 8.50. The van der Waals surface area contributed by atoms with Gasteiger partial charge in [-0.2, -0.15) is 0 Å². The van der Waals surface area contributed by atoms with Crippen molar-refractivity contribution in [2.24, 2.45) is 0 Å². The van der Waals surface area contributed by atoms with Crippen LogP contribution in [0.2, 0.25) is 0 Å². The number of anilines is 2. The lowest BCUT2D eigenvalue weighted by atomic mass is 9.83. The molecule has 7 rings (SSSR count). The second kappa shape index (κ2) is 12.4. The summed E-state index contributed by atoms with van der Waals surface area (Å²) in [6, 6.07) is 50.0. The van der Waals surface area contributed by atoms with Gasteiger partial charge in [0, 0.05) is 17.1 Å². The van der Waals surface area contributed by atoms with Gasteiger partial charge in [0.15, 0.2) is 0 Å². The highest BCUT2D eigenvalue weighted by Crippen LogP contribution is 2.40. The van der Waals surface area contributed by atoms with Crippen molar-refractivity contribution in [2.75, 3.05) is 4.90 Å². The highest BCUT2D eigenvalue weighted by atomic mass is 15.1. The van der Waals surface area contributed by atoms with Crippen LogP contribution in [0.1, 0.15) is 31.2 Å². The molecule has 5 aromatic rings. The van der Waals surface area contributed by atoms with Crippen molar-refractivity contribution in [2.45, 2.75) is 25.7 Å². The van der Waals surface area contributed by atoms with Crippen LogP contribution in [0.3, 0.4) is 0 Å². The molecule has 43 heavy (non-hydrogen) atoms. The normalized spacial score (nSPS) is 14.7. The first-order valence-corrected chi connectivity index (χ1v) is 15.3. The van der Waals surface area contributed by atoms with E-state index in [1.165, 1.54) is 61.6 Å². The van der Waals surface area contributed by atoms with E-state index in [1.807, 2.05) is 0 Å². The highest BCUT2D eigenvalue weighted by molar-refractivity contribution is 5.83. The van der Waals surface area contributed by atoms with Gasteiger partial charge >= 0.3 is 0 Å². The molecule has 0 aliphatic heterocycles. The van der Waals surface area contributed by atoms with E-state index in [2.05, 4.69) is 169 Å². The Kier molecular flexibility index (Phi) is 7.70. The van der Waals surface area contributed by atoms with E-state index in [4.69, 9.17) is 0 Å². The first-order valence-electron chi connectivity index (χ1n) is 15.3. The number of rotatable bonds is 7. The fourth-order valence-corrected chi connectivity index (χ4v) is 6.32. The van der Waals surface area contributed by atoms with Crippen molar-refractivity contribution in [3.63, 3.8) is 0 Å². The van der Waals surface area contributed by atoms with E-state index in [9.17, 15) is 0 Å². The minimum Gasteiger partial charge on any atom is -0.314 e. The second-order valence-corrected chi connectivity index (χ2v) is 11.2. The molecule has 2 aliphatic carbocycles. The lowest BCUT2D eigenvalue weighted by Crippen LogP contribution is -2.18. The Labute approximate surface area is 255 Å². The molecule has 0 saturated heterocycles. The van der Waals surface area contributed by atoms with Crippen LogP contribution in [0.15, 0.2) is 181 Å². The van der Waals surface area contributed by atoms with Crippen molar-refractivity contribution in [3.8, 4) is 22.3 Å². The third kappa shape index (κ3) is 5.80. The second-order valence-electron chi connectivity index (χ2n) is 11.2. The topological polar surface area (TPSA) is 3.24 Å². The van der Waals surface area contributed by atoms with Crippen LogP contribution in [-0.2, 0) is 0 Å². The smallest absolute Gasteiger partial charge is 0.0458 e. The zero-order valence-electron chi connectivity index (χ0n) is 24.4. The van der Waals surface area contributed by atoms with Crippen LogP contribution >= 0.6 is 0 Å². The Bertz CT molecular complexity index is 1820. The average Bonchev–Trinajstić information content (AvgIpc) is 3.10. The van der Waals surface area contributed by atoms with Crippen molar-refractivity contribution >= 4 is 16.9 Å². The highest BCUT2D eigenvalue weighted by Gasteiger charge is 2.21. The fourth-order valence-electron chi connectivity index (χ4n) is 6.32. The summed E-state index contributed by atoms with van der Waals surface area (Å²) >= 11 is 0. The number of para-hydroxylation sites is 1. The molecule has 0 N–H and O–H groups in total.